The monoisotopic (exact) mass is 295 g/mol. The number of nitrogens with zero attached hydrogens (tertiary/aromatic N) is 1. The number of hydrogen-bond acceptors (Lipinski definition) is 3. The van der Waals surface area contributed by atoms with Crippen molar-refractivity contribution in [2.75, 3.05) is 0 Å². The first-order valence-electron chi connectivity index (χ1n) is 5.36. The van der Waals surface area contributed by atoms with Gasteiger partial charge in [-0.3, -0.25) is 0 Å². The average molecular weight is 296 g/mol. The molecule has 1 aromatic carbocycles. The van der Waals surface area contributed by atoms with Crippen molar-refractivity contribution < 1.29 is 14.6 Å². The Kier molecular flexibility index (Phi) is 2.26. The molecule has 4 nitrogen and oxygen atoms in total. The number of aliphatic imine (C=N–C) groups is 1. The number of halogens is 1. The molecule has 1 atom stereocenters. The van der Waals surface area contributed by atoms with Crippen molar-refractivity contribution in [1.29, 1.82) is 0 Å². The van der Waals surface area contributed by atoms with Crippen LogP contribution in [0, 0.1) is 0 Å². The Labute approximate surface area is 106 Å². The van der Waals surface area contributed by atoms with Crippen LogP contribution in [0.3, 0.4) is 0 Å². The van der Waals surface area contributed by atoms with Gasteiger partial charge >= 0.3 is 5.97 Å². The molecule has 3 rings (SSSR count). The van der Waals surface area contributed by atoms with Crippen molar-refractivity contribution in [2.45, 2.75) is 24.5 Å². The second kappa shape index (κ2) is 3.57. The summed E-state index contributed by atoms with van der Waals surface area (Å²) in [4.78, 5) is 15.5. The molecule has 0 aromatic heterocycles. The number of ether oxygens (including phenoxy) is 1. The maximum Gasteiger partial charge on any atom is 0.347 e. The number of carboxylic acid groups (broad SMARTS) is 1. The van der Waals surface area contributed by atoms with Gasteiger partial charge < -0.3 is 9.84 Å². The topological polar surface area (TPSA) is 58.9 Å². The molecule has 0 saturated heterocycles. The van der Waals surface area contributed by atoms with E-state index >= 15 is 0 Å². The molecular weight excluding hydrogens is 286 g/mol. The molecule has 1 spiro atoms. The molecule has 17 heavy (non-hydrogen) atoms. The van der Waals surface area contributed by atoms with Gasteiger partial charge in [-0.1, -0.05) is 22.0 Å². The predicted molar refractivity (Wildman–Crippen MR) is 65.2 cm³/mol. The summed E-state index contributed by atoms with van der Waals surface area (Å²) in [5.41, 5.74) is 0.318. The summed E-state index contributed by atoms with van der Waals surface area (Å²) in [6.07, 6.45) is 0.764. The normalized spacial score (nSPS) is 24.3. The number of benzene rings is 1. The van der Waals surface area contributed by atoms with Gasteiger partial charge in [0.15, 0.2) is 0 Å². The highest BCUT2D eigenvalue weighted by Crippen LogP contribution is 2.48. The van der Waals surface area contributed by atoms with Crippen molar-refractivity contribution in [1.82, 2.24) is 0 Å². The van der Waals surface area contributed by atoms with Crippen LogP contribution < -0.4 is 0 Å². The first-order chi connectivity index (χ1) is 8.11. The Bertz CT molecular complexity index is 522. The van der Waals surface area contributed by atoms with Crippen molar-refractivity contribution in [3.63, 3.8) is 0 Å². The summed E-state index contributed by atoms with van der Waals surface area (Å²) >= 11 is 3.37. The van der Waals surface area contributed by atoms with Crippen LogP contribution in [0.1, 0.15) is 18.4 Å². The number of hydrogen-bond donors (Lipinski definition) is 1. The van der Waals surface area contributed by atoms with Crippen LogP contribution >= 0.6 is 15.9 Å². The van der Waals surface area contributed by atoms with E-state index < -0.39 is 17.6 Å². The minimum atomic E-state index is -0.934. The molecule has 1 aliphatic heterocycles. The molecule has 1 fully saturated rings. The van der Waals surface area contributed by atoms with E-state index in [9.17, 15) is 4.79 Å². The average Bonchev–Trinajstić information content (AvgIpc) is 2.91. The maximum atomic E-state index is 11.1. The Balaban J connectivity index is 1.94. The maximum absolute atomic E-state index is 11.1. The van der Waals surface area contributed by atoms with Crippen LogP contribution in [0.5, 0.6) is 0 Å². The van der Waals surface area contributed by atoms with Crippen LogP contribution in [-0.2, 0) is 9.53 Å². The molecule has 1 aromatic rings. The highest BCUT2D eigenvalue weighted by molar-refractivity contribution is 9.10. The molecule has 1 unspecified atom stereocenters. The zero-order valence-electron chi connectivity index (χ0n) is 8.89. The lowest BCUT2D eigenvalue weighted by Crippen LogP contribution is -2.32. The molecule has 0 bridgehead atoms. The highest BCUT2D eigenvalue weighted by Gasteiger charge is 2.59. The standard InChI is InChI=1S/C12H10BrNO3/c13-8-3-1-2-7(6-8)10-14-12(4-5-12)9(17-10)11(15)16/h1-3,6,9H,4-5H2,(H,15,16). The van der Waals surface area contributed by atoms with E-state index in [0.717, 1.165) is 22.9 Å². The molecule has 1 aliphatic carbocycles. The van der Waals surface area contributed by atoms with E-state index in [1.54, 1.807) is 0 Å². The Hall–Kier alpha value is -1.36. The summed E-state index contributed by atoms with van der Waals surface area (Å²) in [6, 6.07) is 7.52. The smallest absolute Gasteiger partial charge is 0.347 e. The number of rotatable bonds is 2. The second-order valence-electron chi connectivity index (χ2n) is 4.37. The molecule has 0 radical (unpaired) electrons. The third-order valence-electron chi connectivity index (χ3n) is 3.10. The SMILES string of the molecule is O=C(O)C1OC(c2cccc(Br)c2)=NC12CC2. The minimum Gasteiger partial charge on any atom is -0.478 e. The van der Waals surface area contributed by atoms with E-state index in [2.05, 4.69) is 20.9 Å². The van der Waals surface area contributed by atoms with E-state index in [1.807, 2.05) is 24.3 Å². The zero-order valence-corrected chi connectivity index (χ0v) is 10.5. The molecule has 2 aliphatic rings. The molecule has 1 N–H and O–H groups in total. The van der Waals surface area contributed by atoms with Gasteiger partial charge in [-0.25, -0.2) is 9.79 Å². The van der Waals surface area contributed by atoms with Gasteiger partial charge in [0.1, 0.15) is 5.54 Å². The fraction of sp³-hybridized carbons (Fsp3) is 0.333. The second-order valence-corrected chi connectivity index (χ2v) is 5.28. The third-order valence-corrected chi connectivity index (χ3v) is 3.59. The van der Waals surface area contributed by atoms with Crippen molar-refractivity contribution in [3.05, 3.63) is 34.3 Å². The highest BCUT2D eigenvalue weighted by atomic mass is 79.9. The Morgan fingerprint density at radius 3 is 2.82 bits per heavy atom. The summed E-state index contributed by atoms with van der Waals surface area (Å²) < 4.78 is 6.39. The van der Waals surface area contributed by atoms with Gasteiger partial charge in [-0.05, 0) is 31.0 Å². The summed E-state index contributed by atoms with van der Waals surface area (Å²) in [7, 11) is 0. The number of carboxylic acids is 1. The van der Waals surface area contributed by atoms with Crippen LogP contribution in [0.2, 0.25) is 0 Å². The zero-order chi connectivity index (χ0) is 12.0. The third kappa shape index (κ3) is 1.74. The molecule has 5 heteroatoms. The number of carbonyl (C=O) groups is 1. The Morgan fingerprint density at radius 1 is 1.53 bits per heavy atom. The predicted octanol–water partition coefficient (Wildman–Crippen LogP) is 2.21. The van der Waals surface area contributed by atoms with Crippen LogP contribution in [0.4, 0.5) is 0 Å². The largest absolute Gasteiger partial charge is 0.478 e. The lowest BCUT2D eigenvalue weighted by molar-refractivity contribution is -0.146. The van der Waals surface area contributed by atoms with Crippen molar-refractivity contribution >= 4 is 27.8 Å². The quantitative estimate of drug-likeness (QED) is 0.910. The summed E-state index contributed by atoms with van der Waals surface area (Å²) in [5, 5.41) is 9.10. The van der Waals surface area contributed by atoms with E-state index in [1.165, 1.54) is 0 Å². The van der Waals surface area contributed by atoms with Gasteiger partial charge in [0.05, 0.1) is 0 Å². The van der Waals surface area contributed by atoms with Crippen molar-refractivity contribution in [3.8, 4) is 0 Å². The molecule has 1 heterocycles. The molecule has 88 valence electrons. The minimum absolute atomic E-state index is 0.441. The van der Waals surface area contributed by atoms with Gasteiger partial charge in [-0.15, -0.1) is 0 Å². The lowest BCUT2D eigenvalue weighted by atomic mass is 10.1. The van der Waals surface area contributed by atoms with E-state index in [4.69, 9.17) is 9.84 Å². The van der Waals surface area contributed by atoms with Crippen LogP contribution in [0.15, 0.2) is 33.7 Å². The number of aliphatic carboxylic acids is 1. The molecule has 0 amide bonds. The summed E-state index contributed by atoms with van der Waals surface area (Å²) in [5.74, 6) is -0.493. The van der Waals surface area contributed by atoms with Gasteiger partial charge in [0.2, 0.25) is 12.0 Å². The molecule has 1 saturated carbocycles. The lowest BCUT2D eigenvalue weighted by Gasteiger charge is -2.10. The summed E-state index contributed by atoms with van der Waals surface area (Å²) in [6.45, 7) is 0. The fourth-order valence-corrected chi connectivity index (χ4v) is 2.44. The first-order valence-corrected chi connectivity index (χ1v) is 6.15. The van der Waals surface area contributed by atoms with Crippen molar-refractivity contribution in [2.24, 2.45) is 4.99 Å². The van der Waals surface area contributed by atoms with Crippen LogP contribution in [-0.4, -0.2) is 28.6 Å². The molecular formula is C12H10BrNO3. The van der Waals surface area contributed by atoms with Crippen LogP contribution in [0.25, 0.3) is 0 Å². The van der Waals surface area contributed by atoms with Gasteiger partial charge in [0.25, 0.3) is 0 Å². The first kappa shape index (κ1) is 10.8. The van der Waals surface area contributed by atoms with Gasteiger partial charge in [-0.2, -0.15) is 0 Å². The Morgan fingerprint density at radius 2 is 2.29 bits per heavy atom. The van der Waals surface area contributed by atoms with E-state index in [-0.39, 0.29) is 0 Å². The fourth-order valence-electron chi connectivity index (χ4n) is 2.04. The van der Waals surface area contributed by atoms with E-state index in [0.29, 0.717) is 5.90 Å². The van der Waals surface area contributed by atoms with Gasteiger partial charge in [0, 0.05) is 10.0 Å².